The predicted molar refractivity (Wildman–Crippen MR) is 120 cm³/mol. The molecule has 11 nitrogen and oxygen atoms in total. The molecule has 2 aromatic rings. The molecule has 3 heterocycles. The van der Waals surface area contributed by atoms with Crippen LogP contribution in [0.15, 0.2) is 35.5 Å². The molecular formula is C20H26N8O3S. The van der Waals surface area contributed by atoms with Gasteiger partial charge in [0.1, 0.15) is 11.3 Å². The van der Waals surface area contributed by atoms with Gasteiger partial charge in [-0.1, -0.05) is 11.3 Å². The molecule has 2 aromatic heterocycles. The average molecular weight is 459 g/mol. The molecule has 1 aliphatic heterocycles. The van der Waals surface area contributed by atoms with Crippen LogP contribution in [0.4, 0.5) is 4.79 Å². The molecule has 2 amide bonds. The molecule has 0 radical (unpaired) electrons. The minimum absolute atomic E-state index is 0.0188. The van der Waals surface area contributed by atoms with Gasteiger partial charge in [-0.2, -0.15) is 0 Å². The van der Waals surface area contributed by atoms with Crippen molar-refractivity contribution in [3.63, 3.8) is 0 Å². The van der Waals surface area contributed by atoms with Gasteiger partial charge >= 0.3 is 6.09 Å². The Morgan fingerprint density at radius 2 is 2.03 bits per heavy atom. The maximum atomic E-state index is 12.5. The Bertz CT molecular complexity index is 992. The van der Waals surface area contributed by atoms with Crippen molar-refractivity contribution < 1.29 is 14.3 Å². The number of piperidine rings is 1. The molecule has 0 unspecified atom stereocenters. The van der Waals surface area contributed by atoms with Crippen LogP contribution < -0.4 is 11.1 Å². The Balaban J connectivity index is 1.51. The first-order valence-corrected chi connectivity index (χ1v) is 10.9. The van der Waals surface area contributed by atoms with E-state index in [2.05, 4.69) is 30.5 Å². The summed E-state index contributed by atoms with van der Waals surface area (Å²) >= 11 is 1.10. The number of likely N-dealkylation sites (tertiary alicyclic amines) is 1. The van der Waals surface area contributed by atoms with Gasteiger partial charge in [-0.15, -0.1) is 10.2 Å². The molecule has 1 saturated heterocycles. The Morgan fingerprint density at radius 3 is 2.66 bits per heavy atom. The quantitative estimate of drug-likeness (QED) is 0.646. The van der Waals surface area contributed by atoms with E-state index in [1.807, 2.05) is 20.8 Å². The maximum absolute atomic E-state index is 12.5. The van der Waals surface area contributed by atoms with Crippen molar-refractivity contribution in [2.45, 2.75) is 45.3 Å². The zero-order chi connectivity index (χ0) is 23.1. The zero-order valence-electron chi connectivity index (χ0n) is 18.2. The Hall–Kier alpha value is -3.41. The fourth-order valence-corrected chi connectivity index (χ4v) is 3.54. The maximum Gasteiger partial charge on any atom is 0.410 e. The summed E-state index contributed by atoms with van der Waals surface area (Å²) in [5.41, 5.74) is 6.01. The average Bonchev–Trinajstić information content (AvgIpc) is 3.27. The molecule has 1 fully saturated rings. The molecule has 0 atom stereocenters. The number of ether oxygens (including phenoxy) is 1. The highest BCUT2D eigenvalue weighted by Gasteiger charge is 2.26. The second-order valence-electron chi connectivity index (χ2n) is 8.06. The van der Waals surface area contributed by atoms with E-state index in [1.165, 1.54) is 12.4 Å². The lowest BCUT2D eigenvalue weighted by Gasteiger charge is -2.32. The predicted octanol–water partition coefficient (Wildman–Crippen LogP) is 2.00. The number of hydrogen-bond acceptors (Lipinski definition) is 10. The number of rotatable bonds is 5. The van der Waals surface area contributed by atoms with E-state index in [1.54, 1.807) is 23.5 Å². The number of hydrogen-bond donors (Lipinski definition) is 2. The molecule has 0 aliphatic carbocycles. The number of carbonyl (C=O) groups excluding carboxylic acids is 2. The fraction of sp³-hybridized carbons (Fsp3) is 0.450. The number of aliphatic imine (C=N–C) groups is 1. The number of carbonyl (C=O) groups is 2. The third-order valence-electron chi connectivity index (χ3n) is 4.38. The summed E-state index contributed by atoms with van der Waals surface area (Å²) in [6.45, 7) is 6.64. The second-order valence-corrected chi connectivity index (χ2v) is 9.03. The summed E-state index contributed by atoms with van der Waals surface area (Å²) in [5, 5.41) is 11.2. The first-order valence-electron chi connectivity index (χ1n) is 10.1. The molecule has 170 valence electrons. The molecule has 1 aliphatic rings. The van der Waals surface area contributed by atoms with Crippen molar-refractivity contribution in [2.75, 3.05) is 13.1 Å². The van der Waals surface area contributed by atoms with E-state index < -0.39 is 11.5 Å². The summed E-state index contributed by atoms with van der Waals surface area (Å²) < 4.78 is 5.40. The molecule has 3 N–H and O–H groups in total. The normalized spacial score (nSPS) is 15.7. The fourth-order valence-electron chi connectivity index (χ4n) is 2.84. The van der Waals surface area contributed by atoms with Gasteiger partial charge < -0.3 is 20.7 Å². The van der Waals surface area contributed by atoms with Gasteiger partial charge in [-0.25, -0.2) is 4.79 Å². The largest absolute Gasteiger partial charge is 0.444 e. The number of allylic oxidation sites excluding steroid dienone is 1. The number of aromatic nitrogens is 4. The molecule has 3 rings (SSSR count). The van der Waals surface area contributed by atoms with Crippen molar-refractivity contribution in [3.05, 3.63) is 35.5 Å². The first-order chi connectivity index (χ1) is 15.2. The Kier molecular flexibility index (Phi) is 7.46. The topological polar surface area (TPSA) is 149 Å². The lowest BCUT2D eigenvalue weighted by molar-refractivity contribution is 0.0207. The molecule has 0 bridgehead atoms. The number of nitrogens with zero attached hydrogens (tertiary/aromatic N) is 6. The molecule has 0 spiro atoms. The minimum atomic E-state index is -0.521. The minimum Gasteiger partial charge on any atom is -0.444 e. The van der Waals surface area contributed by atoms with Gasteiger partial charge in [0.05, 0.1) is 17.9 Å². The van der Waals surface area contributed by atoms with Gasteiger partial charge in [0.25, 0.3) is 5.91 Å². The van der Waals surface area contributed by atoms with Crippen molar-refractivity contribution in [3.8, 4) is 10.7 Å². The third kappa shape index (κ3) is 6.54. The standard InChI is InChI=1S/C20H26N8O3S/c1-20(2,3)31-19(30)28-8-4-13(5-9-28)24-11-14(10-21)25-16(29)18-27-26-17(32-18)15-12-22-6-7-23-15/h6-7,10-13H,4-5,8-9,21H2,1-3H3,(H,25,29). The van der Waals surface area contributed by atoms with Gasteiger partial charge in [-0.3, -0.25) is 19.8 Å². The monoisotopic (exact) mass is 458 g/mol. The second kappa shape index (κ2) is 10.3. The van der Waals surface area contributed by atoms with Crippen LogP contribution in [0.25, 0.3) is 10.7 Å². The summed E-state index contributed by atoms with van der Waals surface area (Å²) in [7, 11) is 0. The van der Waals surface area contributed by atoms with E-state index in [0.717, 1.165) is 11.3 Å². The van der Waals surface area contributed by atoms with E-state index >= 15 is 0 Å². The van der Waals surface area contributed by atoms with Crippen LogP contribution in [-0.2, 0) is 4.74 Å². The van der Waals surface area contributed by atoms with Gasteiger partial charge in [0.15, 0.2) is 5.01 Å². The van der Waals surface area contributed by atoms with E-state index in [4.69, 9.17) is 10.5 Å². The highest BCUT2D eigenvalue weighted by atomic mass is 32.1. The molecular weight excluding hydrogens is 432 g/mol. The summed E-state index contributed by atoms with van der Waals surface area (Å²) in [6, 6.07) is 0.0188. The van der Waals surface area contributed by atoms with E-state index in [0.29, 0.717) is 42.3 Å². The Morgan fingerprint density at radius 1 is 1.28 bits per heavy atom. The van der Waals surface area contributed by atoms with Gasteiger partial charge in [-0.05, 0) is 33.6 Å². The van der Waals surface area contributed by atoms with Crippen molar-refractivity contribution >= 4 is 29.6 Å². The van der Waals surface area contributed by atoms with Crippen LogP contribution in [0, 0.1) is 0 Å². The smallest absolute Gasteiger partial charge is 0.410 e. The molecule has 0 saturated carbocycles. The van der Waals surface area contributed by atoms with Crippen molar-refractivity contribution in [1.82, 2.24) is 30.4 Å². The SMILES string of the molecule is CC(C)(C)OC(=O)N1CCC(N=CC(=CN)NC(=O)c2nnc(-c3cnccn3)s2)CC1. The van der Waals surface area contributed by atoms with E-state index in [9.17, 15) is 9.59 Å². The number of amides is 2. The first kappa shape index (κ1) is 23.3. The van der Waals surface area contributed by atoms with Crippen LogP contribution in [0.1, 0.15) is 43.4 Å². The Labute approximate surface area is 189 Å². The zero-order valence-corrected chi connectivity index (χ0v) is 19.0. The molecule has 0 aromatic carbocycles. The van der Waals surface area contributed by atoms with Crippen LogP contribution in [0.3, 0.4) is 0 Å². The lowest BCUT2D eigenvalue weighted by atomic mass is 10.1. The number of nitrogens with two attached hydrogens (primary N) is 1. The van der Waals surface area contributed by atoms with Crippen molar-refractivity contribution in [2.24, 2.45) is 10.7 Å². The van der Waals surface area contributed by atoms with Crippen LogP contribution in [-0.4, -0.2) is 68.0 Å². The van der Waals surface area contributed by atoms with Crippen LogP contribution >= 0.6 is 11.3 Å². The van der Waals surface area contributed by atoms with E-state index in [-0.39, 0.29) is 17.1 Å². The van der Waals surface area contributed by atoms with Gasteiger partial charge in [0, 0.05) is 37.9 Å². The summed E-state index contributed by atoms with van der Waals surface area (Å²) in [5.74, 6) is -0.444. The van der Waals surface area contributed by atoms with Gasteiger partial charge in [0.2, 0.25) is 5.01 Å². The van der Waals surface area contributed by atoms with Crippen LogP contribution in [0.2, 0.25) is 0 Å². The van der Waals surface area contributed by atoms with Crippen molar-refractivity contribution in [1.29, 1.82) is 0 Å². The lowest BCUT2D eigenvalue weighted by Crippen LogP contribution is -2.42. The molecule has 32 heavy (non-hydrogen) atoms. The molecule has 12 heteroatoms. The summed E-state index contributed by atoms with van der Waals surface area (Å²) in [6.07, 6.45) is 8.51. The highest BCUT2D eigenvalue weighted by molar-refractivity contribution is 7.16. The third-order valence-corrected chi connectivity index (χ3v) is 5.32. The van der Waals surface area contributed by atoms with Crippen LogP contribution in [0.5, 0.6) is 0 Å². The summed E-state index contributed by atoms with van der Waals surface area (Å²) in [4.78, 5) is 39.0. The highest BCUT2D eigenvalue weighted by Crippen LogP contribution is 2.20. The number of nitrogens with one attached hydrogen (secondary N) is 1.